The van der Waals surface area contributed by atoms with Crippen molar-refractivity contribution in [3.8, 4) is 11.3 Å². The number of primary amides is 1. The molecular formula is C21H23N3O2. The first-order chi connectivity index (χ1) is 12.6. The maximum absolute atomic E-state index is 11.1. The molecule has 0 aliphatic carbocycles. The summed E-state index contributed by atoms with van der Waals surface area (Å²) in [5.41, 5.74) is 8.90. The molecule has 0 fully saturated rings. The molecule has 0 bridgehead atoms. The predicted octanol–water partition coefficient (Wildman–Crippen LogP) is 3.51. The minimum Gasteiger partial charge on any atom is -0.366 e. The highest BCUT2D eigenvalue weighted by Gasteiger charge is 2.07. The Morgan fingerprint density at radius 3 is 2.54 bits per heavy atom. The lowest BCUT2D eigenvalue weighted by Crippen LogP contribution is -2.19. The fraction of sp³-hybridized carbons (Fsp3) is 0.238. The summed E-state index contributed by atoms with van der Waals surface area (Å²) in [6.07, 6.45) is 1.84. The first-order valence-electron chi connectivity index (χ1n) is 8.70. The molecule has 2 aromatic carbocycles. The highest BCUT2D eigenvalue weighted by molar-refractivity contribution is 5.92. The smallest absolute Gasteiger partial charge is 0.248 e. The van der Waals surface area contributed by atoms with Crippen LogP contribution < -0.4 is 5.73 Å². The number of aryl methyl sites for hydroxylation is 1. The summed E-state index contributed by atoms with van der Waals surface area (Å²) < 4.78 is 5.44. The monoisotopic (exact) mass is 349 g/mol. The van der Waals surface area contributed by atoms with E-state index in [1.54, 1.807) is 12.1 Å². The maximum atomic E-state index is 11.1. The third-order valence-corrected chi connectivity index (χ3v) is 4.28. The van der Waals surface area contributed by atoms with Crippen LogP contribution in [0.3, 0.4) is 0 Å². The van der Waals surface area contributed by atoms with Gasteiger partial charge in [0.25, 0.3) is 0 Å². The van der Waals surface area contributed by atoms with Crippen LogP contribution in [0.5, 0.6) is 0 Å². The van der Waals surface area contributed by atoms with Crippen LogP contribution in [0, 0.1) is 0 Å². The van der Waals surface area contributed by atoms with Gasteiger partial charge in [0.2, 0.25) is 5.91 Å². The number of aromatic nitrogens is 1. The second-order valence-electron chi connectivity index (χ2n) is 6.45. The Balaban J connectivity index is 1.46. The molecule has 2 N–H and O–H groups in total. The molecule has 3 rings (SSSR count). The van der Waals surface area contributed by atoms with Crippen LogP contribution in [-0.2, 0) is 13.0 Å². The van der Waals surface area contributed by atoms with E-state index in [1.165, 1.54) is 0 Å². The van der Waals surface area contributed by atoms with Gasteiger partial charge < -0.3 is 15.2 Å². The van der Waals surface area contributed by atoms with Gasteiger partial charge in [0, 0.05) is 30.2 Å². The highest BCUT2D eigenvalue weighted by Crippen LogP contribution is 2.19. The van der Waals surface area contributed by atoms with E-state index in [2.05, 4.69) is 17.1 Å². The first-order valence-corrected chi connectivity index (χ1v) is 8.70. The molecule has 0 saturated carbocycles. The van der Waals surface area contributed by atoms with E-state index in [-0.39, 0.29) is 0 Å². The summed E-state index contributed by atoms with van der Waals surface area (Å²) in [6.45, 7) is 1.77. The topological polar surface area (TPSA) is 72.4 Å². The molecule has 0 spiro atoms. The number of carbonyl (C=O) groups excluding carboxylic acids is 1. The molecular weight excluding hydrogens is 326 g/mol. The summed E-state index contributed by atoms with van der Waals surface area (Å²) >= 11 is 0. The van der Waals surface area contributed by atoms with E-state index in [9.17, 15) is 4.79 Å². The van der Waals surface area contributed by atoms with Gasteiger partial charge in [0.1, 0.15) is 11.5 Å². The minimum absolute atomic E-state index is 0.396. The predicted molar refractivity (Wildman–Crippen MR) is 102 cm³/mol. The van der Waals surface area contributed by atoms with Crippen LogP contribution in [0.1, 0.15) is 28.1 Å². The Hall–Kier alpha value is -2.92. The van der Waals surface area contributed by atoms with Gasteiger partial charge in [-0.2, -0.15) is 0 Å². The molecule has 0 atom stereocenters. The van der Waals surface area contributed by atoms with Crippen LogP contribution in [0.25, 0.3) is 11.3 Å². The van der Waals surface area contributed by atoms with Gasteiger partial charge in [-0.05, 0) is 37.7 Å². The second kappa shape index (κ2) is 8.45. The van der Waals surface area contributed by atoms with Crippen LogP contribution in [0.4, 0.5) is 0 Å². The van der Waals surface area contributed by atoms with Gasteiger partial charge in [-0.3, -0.25) is 4.79 Å². The molecule has 1 heterocycles. The summed E-state index contributed by atoms with van der Waals surface area (Å²) in [7, 11) is 2.08. The van der Waals surface area contributed by atoms with E-state index in [0.717, 1.165) is 48.5 Å². The van der Waals surface area contributed by atoms with E-state index in [1.807, 2.05) is 48.5 Å². The van der Waals surface area contributed by atoms with Crippen molar-refractivity contribution < 1.29 is 9.32 Å². The van der Waals surface area contributed by atoms with Crippen LogP contribution >= 0.6 is 0 Å². The summed E-state index contributed by atoms with van der Waals surface area (Å²) in [4.78, 5) is 13.3. The lowest BCUT2D eigenvalue weighted by Gasteiger charge is -2.16. The molecule has 5 heteroatoms. The van der Waals surface area contributed by atoms with Gasteiger partial charge in [-0.1, -0.05) is 47.6 Å². The molecule has 0 unspecified atom stereocenters. The molecule has 0 saturated heterocycles. The van der Waals surface area contributed by atoms with Crippen molar-refractivity contribution in [2.45, 2.75) is 19.4 Å². The third-order valence-electron chi connectivity index (χ3n) is 4.28. The number of amides is 1. The zero-order valence-electron chi connectivity index (χ0n) is 14.9. The van der Waals surface area contributed by atoms with Crippen LogP contribution in [0.2, 0.25) is 0 Å². The number of rotatable bonds is 8. The number of benzene rings is 2. The molecule has 1 amide bonds. The minimum atomic E-state index is -0.396. The lowest BCUT2D eigenvalue weighted by molar-refractivity contribution is 0.100. The molecule has 5 nitrogen and oxygen atoms in total. The number of nitrogens with two attached hydrogens (primary N) is 1. The molecule has 0 aliphatic rings. The highest BCUT2D eigenvalue weighted by atomic mass is 16.5. The zero-order valence-corrected chi connectivity index (χ0v) is 14.9. The number of nitrogens with zero attached hydrogens (tertiary/aromatic N) is 2. The normalized spacial score (nSPS) is 11.0. The Bertz CT molecular complexity index is 841. The van der Waals surface area contributed by atoms with Crippen molar-refractivity contribution in [1.29, 1.82) is 0 Å². The van der Waals surface area contributed by atoms with E-state index in [4.69, 9.17) is 10.3 Å². The van der Waals surface area contributed by atoms with Crippen LogP contribution in [0.15, 0.2) is 65.2 Å². The molecule has 0 aliphatic heterocycles. The van der Waals surface area contributed by atoms with Crippen molar-refractivity contribution in [3.05, 3.63) is 77.6 Å². The number of carbonyl (C=O) groups is 1. The van der Waals surface area contributed by atoms with Gasteiger partial charge in [0.05, 0.1) is 0 Å². The number of hydrogen-bond acceptors (Lipinski definition) is 4. The standard InChI is InChI=1S/C21H23N3O2/c1-24(15-16-9-11-18(12-10-16)21(22)25)13-5-8-19-14-20(23-26-19)17-6-3-2-4-7-17/h2-4,6-7,9-12,14H,5,8,13,15H2,1H3,(H2,22,25). The Labute approximate surface area is 153 Å². The van der Waals surface area contributed by atoms with Gasteiger partial charge in [-0.15, -0.1) is 0 Å². The van der Waals surface area contributed by atoms with Crippen molar-refractivity contribution in [2.75, 3.05) is 13.6 Å². The Morgan fingerprint density at radius 1 is 1.12 bits per heavy atom. The SMILES string of the molecule is CN(CCCc1cc(-c2ccccc2)no1)Cc1ccc(C(N)=O)cc1. The zero-order chi connectivity index (χ0) is 18.4. The molecule has 134 valence electrons. The summed E-state index contributed by atoms with van der Waals surface area (Å²) in [5, 5.41) is 4.15. The van der Waals surface area contributed by atoms with Crippen molar-refractivity contribution >= 4 is 5.91 Å². The molecule has 1 aromatic heterocycles. The second-order valence-corrected chi connectivity index (χ2v) is 6.45. The van der Waals surface area contributed by atoms with E-state index >= 15 is 0 Å². The summed E-state index contributed by atoms with van der Waals surface area (Å²) in [5.74, 6) is 0.509. The Morgan fingerprint density at radius 2 is 1.85 bits per heavy atom. The average molecular weight is 349 g/mol. The third kappa shape index (κ3) is 4.80. The van der Waals surface area contributed by atoms with Gasteiger partial charge >= 0.3 is 0 Å². The Kier molecular flexibility index (Phi) is 5.81. The number of hydrogen-bond donors (Lipinski definition) is 1. The molecule has 0 radical (unpaired) electrons. The maximum Gasteiger partial charge on any atom is 0.248 e. The molecule has 26 heavy (non-hydrogen) atoms. The van der Waals surface area contributed by atoms with Gasteiger partial charge in [-0.25, -0.2) is 0 Å². The largest absolute Gasteiger partial charge is 0.366 e. The van der Waals surface area contributed by atoms with Crippen molar-refractivity contribution in [3.63, 3.8) is 0 Å². The summed E-state index contributed by atoms with van der Waals surface area (Å²) in [6, 6.07) is 19.5. The van der Waals surface area contributed by atoms with E-state index < -0.39 is 5.91 Å². The van der Waals surface area contributed by atoms with E-state index in [0.29, 0.717) is 5.56 Å². The molecule has 3 aromatic rings. The van der Waals surface area contributed by atoms with Crippen molar-refractivity contribution in [2.24, 2.45) is 5.73 Å². The quantitative estimate of drug-likeness (QED) is 0.675. The van der Waals surface area contributed by atoms with Crippen molar-refractivity contribution in [1.82, 2.24) is 10.1 Å². The fourth-order valence-corrected chi connectivity index (χ4v) is 2.86. The first kappa shape index (κ1) is 17.9. The fourth-order valence-electron chi connectivity index (χ4n) is 2.86. The average Bonchev–Trinajstić information content (AvgIpc) is 3.12. The lowest BCUT2D eigenvalue weighted by atomic mass is 10.1. The van der Waals surface area contributed by atoms with Crippen LogP contribution in [-0.4, -0.2) is 29.6 Å². The van der Waals surface area contributed by atoms with Gasteiger partial charge in [0.15, 0.2) is 0 Å².